The van der Waals surface area contributed by atoms with Gasteiger partial charge in [-0.05, 0) is 31.7 Å². The minimum absolute atomic E-state index is 0. The fourth-order valence-corrected chi connectivity index (χ4v) is 2.82. The summed E-state index contributed by atoms with van der Waals surface area (Å²) < 4.78 is 14.4. The van der Waals surface area contributed by atoms with E-state index in [-0.39, 0.29) is 18.8 Å². The number of halogens is 1. The van der Waals surface area contributed by atoms with Crippen molar-refractivity contribution in [3.63, 3.8) is 0 Å². The van der Waals surface area contributed by atoms with Gasteiger partial charge in [0.15, 0.2) is 5.83 Å². The monoisotopic (exact) mass is 276 g/mol. The molecule has 0 atom stereocenters. The van der Waals surface area contributed by atoms with E-state index < -0.39 is 5.83 Å². The van der Waals surface area contributed by atoms with Gasteiger partial charge in [-0.25, -0.2) is 4.39 Å². The first-order valence-corrected chi connectivity index (χ1v) is 7.30. The topological polar surface area (TPSA) is 49.9 Å². The van der Waals surface area contributed by atoms with Crippen LogP contribution in [-0.4, -0.2) is 5.71 Å². The number of rotatable bonds is 3. The van der Waals surface area contributed by atoms with Crippen molar-refractivity contribution >= 4 is 5.71 Å². The van der Waals surface area contributed by atoms with Crippen molar-refractivity contribution in [3.05, 3.63) is 46.9 Å². The maximum absolute atomic E-state index is 14.4. The zero-order valence-corrected chi connectivity index (χ0v) is 12.2. The van der Waals surface area contributed by atoms with Crippen LogP contribution in [0.15, 0.2) is 35.8 Å². The molecule has 2 rings (SSSR count). The fourth-order valence-electron chi connectivity index (χ4n) is 2.82. The molecule has 0 unspecified atom stereocenters. The molecule has 0 bridgehead atoms. The van der Waals surface area contributed by atoms with Gasteiger partial charge in [-0.2, -0.15) is 0 Å². The maximum Gasteiger partial charge on any atom is 0.167 e. The minimum atomic E-state index is -0.546. The average Bonchev–Trinajstić information content (AvgIpc) is 2.46. The van der Waals surface area contributed by atoms with Gasteiger partial charge in [0, 0.05) is 18.6 Å². The molecule has 0 aromatic heterocycles. The van der Waals surface area contributed by atoms with E-state index in [4.69, 9.17) is 11.1 Å². The van der Waals surface area contributed by atoms with Crippen molar-refractivity contribution in [2.24, 2.45) is 17.6 Å². The molecule has 1 aliphatic rings. The number of hydrogen-bond acceptors (Lipinski definition) is 2. The molecule has 0 aliphatic heterocycles. The second kappa shape index (κ2) is 6.21. The smallest absolute Gasteiger partial charge is 0.167 e. The Hall–Kier alpha value is -1.64. The van der Waals surface area contributed by atoms with Gasteiger partial charge < -0.3 is 5.73 Å². The predicted molar refractivity (Wildman–Crippen MR) is 83.6 cm³/mol. The standard InChI is InChI=1S/C17H23FN2.H2/c1-11-6-8-13(9-7-11)16(19)15(18)17(20)14-5-3-4-12(2)10-14;/h3-5,10-11,13,20H,6-9,19H2,1-2H3;1H/b16-15+,20-17?;. The van der Waals surface area contributed by atoms with Crippen molar-refractivity contribution in [1.82, 2.24) is 0 Å². The molecule has 3 heteroatoms. The molecular formula is C17H25FN2. The second-order valence-electron chi connectivity index (χ2n) is 5.97. The van der Waals surface area contributed by atoms with E-state index in [2.05, 4.69) is 6.92 Å². The third-order valence-electron chi connectivity index (χ3n) is 4.24. The van der Waals surface area contributed by atoms with Gasteiger partial charge >= 0.3 is 0 Å². The predicted octanol–water partition coefficient (Wildman–Crippen LogP) is 4.57. The van der Waals surface area contributed by atoms with Crippen LogP contribution in [-0.2, 0) is 0 Å². The van der Waals surface area contributed by atoms with E-state index in [0.29, 0.717) is 11.5 Å². The molecule has 0 radical (unpaired) electrons. The maximum atomic E-state index is 14.4. The molecular weight excluding hydrogens is 251 g/mol. The van der Waals surface area contributed by atoms with Gasteiger partial charge in [0.25, 0.3) is 0 Å². The van der Waals surface area contributed by atoms with Crippen LogP contribution in [0, 0.1) is 24.2 Å². The van der Waals surface area contributed by atoms with E-state index in [0.717, 1.165) is 31.2 Å². The van der Waals surface area contributed by atoms with Gasteiger partial charge in [0.05, 0.1) is 5.71 Å². The third-order valence-corrected chi connectivity index (χ3v) is 4.24. The van der Waals surface area contributed by atoms with Crippen molar-refractivity contribution in [2.45, 2.75) is 39.5 Å². The van der Waals surface area contributed by atoms with Gasteiger partial charge in [-0.15, -0.1) is 0 Å². The molecule has 0 amide bonds. The molecule has 2 nitrogen and oxygen atoms in total. The summed E-state index contributed by atoms with van der Waals surface area (Å²) in [4.78, 5) is 0. The summed E-state index contributed by atoms with van der Waals surface area (Å²) in [6, 6.07) is 7.35. The third kappa shape index (κ3) is 3.27. The highest BCUT2D eigenvalue weighted by Gasteiger charge is 2.24. The highest BCUT2D eigenvalue weighted by Crippen LogP contribution is 2.33. The molecule has 0 heterocycles. The van der Waals surface area contributed by atoms with Gasteiger partial charge in [0.2, 0.25) is 0 Å². The highest BCUT2D eigenvalue weighted by molar-refractivity contribution is 6.09. The lowest BCUT2D eigenvalue weighted by Crippen LogP contribution is -2.21. The van der Waals surface area contributed by atoms with Crippen molar-refractivity contribution in [2.75, 3.05) is 0 Å². The molecule has 1 saturated carbocycles. The van der Waals surface area contributed by atoms with E-state index in [1.165, 1.54) is 0 Å². The summed E-state index contributed by atoms with van der Waals surface area (Å²) in [6.07, 6.45) is 4.05. The number of nitrogens with two attached hydrogens (primary N) is 1. The Kier molecular flexibility index (Phi) is 4.58. The van der Waals surface area contributed by atoms with Gasteiger partial charge in [-0.1, -0.05) is 43.5 Å². The van der Waals surface area contributed by atoms with Gasteiger partial charge in [0.1, 0.15) is 0 Å². The van der Waals surface area contributed by atoms with Crippen molar-refractivity contribution in [1.29, 1.82) is 5.41 Å². The van der Waals surface area contributed by atoms with Crippen LogP contribution >= 0.6 is 0 Å². The Balaban J connectivity index is 0.00000220. The van der Waals surface area contributed by atoms with Crippen LogP contribution in [0.25, 0.3) is 0 Å². The summed E-state index contributed by atoms with van der Waals surface area (Å²) in [7, 11) is 0. The first kappa shape index (κ1) is 14.8. The Morgan fingerprint density at radius 1 is 1.30 bits per heavy atom. The highest BCUT2D eigenvalue weighted by atomic mass is 19.1. The molecule has 0 saturated heterocycles. The number of nitrogens with one attached hydrogen (secondary N) is 1. The number of allylic oxidation sites excluding steroid dienone is 2. The Morgan fingerprint density at radius 3 is 2.55 bits per heavy atom. The normalized spacial score (nSPS) is 24.1. The number of aryl methyl sites for hydroxylation is 1. The van der Waals surface area contributed by atoms with Crippen LogP contribution in [0.5, 0.6) is 0 Å². The van der Waals surface area contributed by atoms with Crippen molar-refractivity contribution < 1.29 is 5.82 Å². The zero-order chi connectivity index (χ0) is 14.7. The average molecular weight is 276 g/mol. The Morgan fingerprint density at radius 2 is 1.95 bits per heavy atom. The second-order valence-corrected chi connectivity index (χ2v) is 5.97. The molecule has 0 spiro atoms. The quantitative estimate of drug-likeness (QED) is 0.780. The number of benzene rings is 1. The lowest BCUT2D eigenvalue weighted by molar-refractivity contribution is 0.315. The molecule has 20 heavy (non-hydrogen) atoms. The molecule has 3 N–H and O–H groups in total. The van der Waals surface area contributed by atoms with E-state index in [1.54, 1.807) is 6.07 Å². The van der Waals surface area contributed by atoms with Crippen LogP contribution in [0.4, 0.5) is 4.39 Å². The lowest BCUT2D eigenvalue weighted by atomic mass is 9.81. The summed E-state index contributed by atoms with van der Waals surface area (Å²) in [5.74, 6) is 0.254. The summed E-state index contributed by atoms with van der Waals surface area (Å²) >= 11 is 0. The molecule has 1 fully saturated rings. The van der Waals surface area contributed by atoms with Crippen LogP contribution < -0.4 is 5.73 Å². The summed E-state index contributed by atoms with van der Waals surface area (Å²) in [5, 5.41) is 8.01. The van der Waals surface area contributed by atoms with Crippen LogP contribution in [0.2, 0.25) is 0 Å². The summed E-state index contributed by atoms with van der Waals surface area (Å²) in [5.41, 5.74) is 7.76. The van der Waals surface area contributed by atoms with E-state index >= 15 is 0 Å². The Labute approximate surface area is 121 Å². The molecule has 110 valence electrons. The molecule has 1 aromatic rings. The first-order valence-electron chi connectivity index (χ1n) is 7.30. The molecule has 1 aliphatic carbocycles. The first-order chi connectivity index (χ1) is 9.49. The van der Waals surface area contributed by atoms with Crippen molar-refractivity contribution in [3.8, 4) is 0 Å². The lowest BCUT2D eigenvalue weighted by Gasteiger charge is -2.26. The zero-order valence-electron chi connectivity index (χ0n) is 12.2. The Bertz CT molecular complexity index is 531. The molecule has 1 aromatic carbocycles. The summed E-state index contributed by atoms with van der Waals surface area (Å²) in [6.45, 7) is 4.16. The minimum Gasteiger partial charge on any atom is -0.399 e. The number of hydrogen-bond donors (Lipinski definition) is 2. The van der Waals surface area contributed by atoms with Crippen LogP contribution in [0.1, 0.15) is 45.2 Å². The SMILES string of the molecule is Cc1cccc(C(=N)/C(F)=C(\N)C2CCC(C)CC2)c1.[HH]. The van der Waals surface area contributed by atoms with E-state index in [9.17, 15) is 4.39 Å². The van der Waals surface area contributed by atoms with Crippen LogP contribution in [0.3, 0.4) is 0 Å². The fraction of sp³-hybridized carbons (Fsp3) is 0.471. The largest absolute Gasteiger partial charge is 0.399 e. The van der Waals surface area contributed by atoms with Gasteiger partial charge in [-0.3, -0.25) is 5.41 Å². The van der Waals surface area contributed by atoms with E-state index in [1.807, 2.05) is 25.1 Å².